The highest BCUT2D eigenvalue weighted by Gasteiger charge is 2.37. The molecule has 2 aromatic heterocycles. The van der Waals surface area contributed by atoms with Crippen LogP contribution in [0, 0.1) is 18.8 Å². The van der Waals surface area contributed by atoms with Gasteiger partial charge in [0.2, 0.25) is 11.8 Å². The van der Waals surface area contributed by atoms with E-state index in [4.69, 9.17) is 20.8 Å². The number of carbonyl (C=O) groups is 4. The Hall–Kier alpha value is -3.83. The van der Waals surface area contributed by atoms with Gasteiger partial charge in [0, 0.05) is 57.8 Å². The summed E-state index contributed by atoms with van der Waals surface area (Å²) >= 11 is 1.08. The van der Waals surface area contributed by atoms with Gasteiger partial charge in [0.05, 0.1) is 11.7 Å². The maximum absolute atomic E-state index is 13.2. The van der Waals surface area contributed by atoms with Crippen LogP contribution in [-0.4, -0.2) is 75.6 Å². The number of aryl methyl sites for hydroxylation is 1. The summed E-state index contributed by atoms with van der Waals surface area (Å²) in [6.07, 6.45) is 9.40. The minimum absolute atomic E-state index is 0. The quantitative estimate of drug-likeness (QED) is 0.474. The summed E-state index contributed by atoms with van der Waals surface area (Å²) in [5, 5.41) is 14.2. The molecule has 3 fully saturated rings. The molecular formula is C31H48N8O5S. The van der Waals surface area contributed by atoms with Gasteiger partial charge in [0.15, 0.2) is 10.8 Å². The Morgan fingerprint density at radius 2 is 1.76 bits per heavy atom. The number of hydrogen-bond acceptors (Lipinski definition) is 9. The molecule has 3 N–H and O–H groups in total. The summed E-state index contributed by atoms with van der Waals surface area (Å²) in [6.45, 7) is 13.4. The predicted octanol–water partition coefficient (Wildman–Crippen LogP) is 4.61. The van der Waals surface area contributed by atoms with Crippen molar-refractivity contribution >= 4 is 45.9 Å². The van der Waals surface area contributed by atoms with Gasteiger partial charge < -0.3 is 20.7 Å². The van der Waals surface area contributed by atoms with E-state index in [1.54, 1.807) is 6.92 Å². The summed E-state index contributed by atoms with van der Waals surface area (Å²) in [5.41, 5.74) is 7.14. The van der Waals surface area contributed by atoms with E-state index in [9.17, 15) is 19.2 Å². The first-order valence-electron chi connectivity index (χ1n) is 15.2. The van der Waals surface area contributed by atoms with E-state index in [0.717, 1.165) is 54.9 Å². The number of thiazole rings is 1. The second-order valence-electron chi connectivity index (χ2n) is 11.1. The summed E-state index contributed by atoms with van der Waals surface area (Å²) in [6, 6.07) is 0.453. The number of likely N-dealkylation sites (tertiary alicyclic amines) is 1. The van der Waals surface area contributed by atoms with Crippen LogP contribution in [0.15, 0.2) is 0 Å². The van der Waals surface area contributed by atoms with Crippen LogP contribution < -0.4 is 16.0 Å². The standard InChI is InChI=1S/C19H28N4O3.C7H9N3O2S.C3H6.CHN.CH4/c1-3-21-16(24)7-6-15-17(19(25)22-10-4-5-13(22)2)20-23(18(15)21)14-8-11-26-12-9-14;1-3-5(6(8)12)13-7(9-3)10-4(2)11;1-2-3-1;1-2;/h13-14H,3-12H2,1-2H3;1-2H3,(H2,8,12)(H,9,10,11);1-3H2;1H;1H4. The molecule has 0 spiro atoms. The summed E-state index contributed by atoms with van der Waals surface area (Å²) in [7, 11) is 0. The van der Waals surface area contributed by atoms with Crippen LogP contribution in [-0.2, 0) is 20.7 Å². The zero-order chi connectivity index (χ0) is 32.4. The molecule has 1 unspecified atom stereocenters. The fourth-order valence-electron chi connectivity index (χ4n) is 5.34. The molecule has 5 heterocycles. The Morgan fingerprint density at radius 1 is 1.11 bits per heavy atom. The first-order valence-corrected chi connectivity index (χ1v) is 16.0. The predicted molar refractivity (Wildman–Crippen MR) is 174 cm³/mol. The summed E-state index contributed by atoms with van der Waals surface area (Å²) in [5.74, 6) is 0.270. The number of fused-ring (bicyclic) bond motifs is 1. The topological polar surface area (TPSA) is 177 Å². The smallest absolute Gasteiger partial charge is 0.274 e. The van der Waals surface area contributed by atoms with E-state index in [1.165, 1.54) is 26.2 Å². The summed E-state index contributed by atoms with van der Waals surface area (Å²) in [4.78, 5) is 55.2. The van der Waals surface area contributed by atoms with Crippen LogP contribution in [0.1, 0.15) is 117 Å². The number of aromatic nitrogens is 3. The zero-order valence-electron chi connectivity index (χ0n) is 26.1. The van der Waals surface area contributed by atoms with E-state index in [-0.39, 0.29) is 37.2 Å². The Bertz CT molecular complexity index is 1340. The van der Waals surface area contributed by atoms with Crippen molar-refractivity contribution in [2.75, 3.05) is 36.5 Å². The molecule has 4 aliphatic rings. The number of primary amides is 1. The van der Waals surface area contributed by atoms with Gasteiger partial charge in [-0.2, -0.15) is 5.10 Å². The molecule has 2 saturated heterocycles. The number of nitrogens with two attached hydrogens (primary N) is 1. The van der Waals surface area contributed by atoms with Crippen LogP contribution >= 0.6 is 11.3 Å². The molecule has 1 aliphatic carbocycles. The minimum atomic E-state index is -0.522. The van der Waals surface area contributed by atoms with Crippen molar-refractivity contribution in [2.45, 2.75) is 105 Å². The van der Waals surface area contributed by atoms with E-state index in [2.05, 4.69) is 23.8 Å². The number of rotatable bonds is 5. The van der Waals surface area contributed by atoms with Crippen LogP contribution in [0.25, 0.3) is 0 Å². The van der Waals surface area contributed by atoms with Crippen molar-refractivity contribution in [3.05, 3.63) is 21.8 Å². The van der Waals surface area contributed by atoms with E-state index in [0.29, 0.717) is 54.0 Å². The molecule has 0 aromatic carbocycles. The third-order valence-electron chi connectivity index (χ3n) is 7.65. The molecule has 1 saturated carbocycles. The monoisotopic (exact) mass is 644 g/mol. The Kier molecular flexibility index (Phi) is 14.6. The van der Waals surface area contributed by atoms with Crippen LogP contribution in [0.5, 0.6) is 0 Å². The van der Waals surface area contributed by atoms with Crippen molar-refractivity contribution in [1.29, 1.82) is 5.26 Å². The second-order valence-corrected chi connectivity index (χ2v) is 12.1. The van der Waals surface area contributed by atoms with E-state index < -0.39 is 5.91 Å². The molecule has 0 radical (unpaired) electrons. The van der Waals surface area contributed by atoms with E-state index in [1.807, 2.05) is 21.4 Å². The lowest BCUT2D eigenvalue weighted by Gasteiger charge is -2.31. The van der Waals surface area contributed by atoms with Crippen molar-refractivity contribution in [3.8, 4) is 6.57 Å². The van der Waals surface area contributed by atoms with Gasteiger partial charge in [-0.1, -0.05) is 38.0 Å². The molecule has 4 amide bonds. The first-order chi connectivity index (χ1) is 21.1. The SMILES string of the molecule is C.C#N.C1CC1.CC(=O)Nc1nc(C)c(C(N)=O)s1.CCN1C(=O)CCc2c(C(=O)N3CCCC3C)nn(C3CCOCC3)c21. The van der Waals surface area contributed by atoms with Crippen LogP contribution in [0.2, 0.25) is 0 Å². The van der Waals surface area contributed by atoms with Crippen molar-refractivity contribution in [3.63, 3.8) is 0 Å². The molecule has 0 bridgehead atoms. The fraction of sp³-hybridized carbons (Fsp3) is 0.645. The van der Waals surface area contributed by atoms with E-state index >= 15 is 0 Å². The maximum atomic E-state index is 13.2. The fourth-order valence-corrected chi connectivity index (χ4v) is 6.21. The number of nitriles is 1. The lowest BCUT2D eigenvalue weighted by molar-refractivity contribution is -0.119. The normalized spacial score (nSPS) is 18.4. The maximum Gasteiger partial charge on any atom is 0.274 e. The van der Waals surface area contributed by atoms with Crippen LogP contribution in [0.4, 0.5) is 10.9 Å². The molecular weight excluding hydrogens is 596 g/mol. The number of nitrogens with zero attached hydrogens (tertiary/aromatic N) is 6. The highest BCUT2D eigenvalue weighted by atomic mass is 32.1. The lowest BCUT2D eigenvalue weighted by Crippen LogP contribution is -2.38. The Labute approximate surface area is 270 Å². The average molecular weight is 645 g/mol. The lowest BCUT2D eigenvalue weighted by atomic mass is 10.0. The summed E-state index contributed by atoms with van der Waals surface area (Å²) < 4.78 is 7.46. The highest BCUT2D eigenvalue weighted by molar-refractivity contribution is 7.17. The molecule has 14 heteroatoms. The molecule has 2 aromatic rings. The van der Waals surface area contributed by atoms with Crippen LogP contribution in [0.3, 0.4) is 0 Å². The first kappa shape index (κ1) is 37.4. The molecule has 248 valence electrons. The number of hydrogen-bond donors (Lipinski definition) is 2. The number of ether oxygens (including phenoxy) is 1. The highest BCUT2D eigenvalue weighted by Crippen LogP contribution is 2.36. The third-order valence-corrected chi connectivity index (χ3v) is 8.74. The van der Waals surface area contributed by atoms with Crippen molar-refractivity contribution in [1.82, 2.24) is 19.7 Å². The Balaban J connectivity index is 0.000000311. The third kappa shape index (κ3) is 9.58. The second kappa shape index (κ2) is 17.6. The number of amides is 4. The van der Waals surface area contributed by atoms with Gasteiger partial charge in [-0.15, -0.1) is 0 Å². The minimum Gasteiger partial charge on any atom is -0.381 e. The van der Waals surface area contributed by atoms with Crippen molar-refractivity contribution in [2.24, 2.45) is 5.73 Å². The number of nitrogens with one attached hydrogen (secondary N) is 1. The number of carbonyl (C=O) groups excluding carboxylic acids is 4. The average Bonchev–Trinajstić information content (AvgIpc) is 3.65. The number of anilines is 2. The van der Waals surface area contributed by atoms with Crippen molar-refractivity contribution < 1.29 is 23.9 Å². The molecule has 13 nitrogen and oxygen atoms in total. The van der Waals surface area contributed by atoms with Gasteiger partial charge in [-0.3, -0.25) is 24.1 Å². The van der Waals surface area contributed by atoms with Gasteiger partial charge in [-0.25, -0.2) is 14.9 Å². The van der Waals surface area contributed by atoms with Gasteiger partial charge in [0.25, 0.3) is 11.8 Å². The van der Waals surface area contributed by atoms with Gasteiger partial charge in [0.1, 0.15) is 10.7 Å². The molecule has 3 aliphatic heterocycles. The Morgan fingerprint density at radius 3 is 2.24 bits per heavy atom. The largest absolute Gasteiger partial charge is 0.381 e. The zero-order valence-corrected chi connectivity index (χ0v) is 27.0. The molecule has 45 heavy (non-hydrogen) atoms. The molecule has 6 rings (SSSR count). The van der Waals surface area contributed by atoms with Gasteiger partial charge in [-0.05, 0) is 52.9 Å². The van der Waals surface area contributed by atoms with Gasteiger partial charge >= 0.3 is 0 Å². The molecule has 1 atom stereocenters.